The van der Waals surface area contributed by atoms with Gasteiger partial charge in [-0.3, -0.25) is 14.9 Å². The van der Waals surface area contributed by atoms with Crippen molar-refractivity contribution < 1.29 is 9.72 Å². The standard InChI is InChI=1S/C20H20N4O3/c1-20(2,3)23-18(13-17(22-23)14-8-5-4-6-9-14)21-19(25)15-10-7-11-16(12-15)24(26)27/h4-13H,1-3H3,(H,21,25). The van der Waals surface area contributed by atoms with Gasteiger partial charge in [0.25, 0.3) is 11.6 Å². The molecule has 138 valence electrons. The van der Waals surface area contributed by atoms with Crippen LogP contribution in [0.2, 0.25) is 0 Å². The average Bonchev–Trinajstić information content (AvgIpc) is 3.07. The summed E-state index contributed by atoms with van der Waals surface area (Å²) in [4.78, 5) is 23.1. The molecule has 1 aromatic heterocycles. The van der Waals surface area contributed by atoms with Crippen molar-refractivity contribution in [3.8, 4) is 11.3 Å². The molecule has 0 aliphatic rings. The lowest BCUT2D eigenvalue weighted by molar-refractivity contribution is -0.384. The lowest BCUT2D eigenvalue weighted by atomic mass is 10.1. The molecule has 0 fully saturated rings. The molecule has 0 aliphatic carbocycles. The number of carbonyl (C=O) groups excluding carboxylic acids is 1. The second-order valence-corrected chi connectivity index (χ2v) is 7.13. The number of nitro groups is 1. The van der Waals surface area contributed by atoms with Crippen molar-refractivity contribution in [1.82, 2.24) is 9.78 Å². The van der Waals surface area contributed by atoms with Gasteiger partial charge in [-0.2, -0.15) is 5.10 Å². The zero-order chi connectivity index (χ0) is 19.6. The van der Waals surface area contributed by atoms with E-state index in [1.54, 1.807) is 10.7 Å². The third kappa shape index (κ3) is 4.03. The molecule has 0 bridgehead atoms. The number of nitrogens with zero attached hydrogens (tertiary/aromatic N) is 3. The normalized spacial score (nSPS) is 11.2. The molecule has 7 nitrogen and oxygen atoms in total. The second kappa shape index (κ2) is 7.03. The molecule has 0 aliphatic heterocycles. The Labute approximate surface area is 156 Å². The third-order valence-corrected chi connectivity index (χ3v) is 3.98. The minimum atomic E-state index is -0.524. The van der Waals surface area contributed by atoms with E-state index in [1.807, 2.05) is 51.1 Å². The Morgan fingerprint density at radius 2 is 1.78 bits per heavy atom. The summed E-state index contributed by atoms with van der Waals surface area (Å²) in [6, 6.07) is 17.1. The molecule has 1 N–H and O–H groups in total. The number of carbonyl (C=O) groups is 1. The maximum absolute atomic E-state index is 12.6. The summed E-state index contributed by atoms with van der Waals surface area (Å²) >= 11 is 0. The highest BCUT2D eigenvalue weighted by Gasteiger charge is 2.22. The lowest BCUT2D eigenvalue weighted by Gasteiger charge is -2.22. The van der Waals surface area contributed by atoms with Gasteiger partial charge >= 0.3 is 0 Å². The topological polar surface area (TPSA) is 90.1 Å². The molecule has 3 aromatic rings. The van der Waals surface area contributed by atoms with E-state index >= 15 is 0 Å². The minimum absolute atomic E-state index is 0.128. The van der Waals surface area contributed by atoms with E-state index in [4.69, 9.17) is 0 Å². The minimum Gasteiger partial charge on any atom is -0.307 e. The Bertz CT molecular complexity index is 988. The molecule has 0 unspecified atom stereocenters. The zero-order valence-corrected chi connectivity index (χ0v) is 15.3. The predicted molar refractivity (Wildman–Crippen MR) is 104 cm³/mol. The van der Waals surface area contributed by atoms with Crippen molar-refractivity contribution in [2.75, 3.05) is 5.32 Å². The van der Waals surface area contributed by atoms with Crippen LogP contribution >= 0.6 is 0 Å². The van der Waals surface area contributed by atoms with Gasteiger partial charge in [0.2, 0.25) is 0 Å². The van der Waals surface area contributed by atoms with E-state index in [0.29, 0.717) is 5.82 Å². The Morgan fingerprint density at radius 3 is 2.41 bits per heavy atom. The molecule has 1 heterocycles. The smallest absolute Gasteiger partial charge is 0.270 e. The third-order valence-electron chi connectivity index (χ3n) is 3.98. The van der Waals surface area contributed by atoms with Crippen LogP contribution in [0.25, 0.3) is 11.3 Å². The molecular weight excluding hydrogens is 344 g/mol. The number of amides is 1. The van der Waals surface area contributed by atoms with Crippen LogP contribution in [0.15, 0.2) is 60.7 Å². The molecule has 0 saturated heterocycles. The summed E-state index contributed by atoms with van der Waals surface area (Å²) < 4.78 is 1.74. The van der Waals surface area contributed by atoms with Gasteiger partial charge in [0.05, 0.1) is 16.2 Å². The highest BCUT2D eigenvalue weighted by Crippen LogP contribution is 2.27. The molecule has 3 rings (SSSR count). The van der Waals surface area contributed by atoms with Crippen LogP contribution in [0.5, 0.6) is 0 Å². The largest absolute Gasteiger partial charge is 0.307 e. The van der Waals surface area contributed by atoms with Crippen LogP contribution in [0, 0.1) is 10.1 Å². The van der Waals surface area contributed by atoms with E-state index < -0.39 is 10.8 Å². The number of rotatable bonds is 4. The highest BCUT2D eigenvalue weighted by atomic mass is 16.6. The summed E-state index contributed by atoms with van der Waals surface area (Å²) in [5.41, 5.74) is 1.40. The molecule has 2 aromatic carbocycles. The van der Waals surface area contributed by atoms with Gasteiger partial charge in [0.15, 0.2) is 0 Å². The van der Waals surface area contributed by atoms with Gasteiger partial charge in [-0.25, -0.2) is 4.68 Å². The van der Waals surface area contributed by atoms with E-state index in [0.717, 1.165) is 11.3 Å². The molecule has 0 atom stereocenters. The van der Waals surface area contributed by atoms with Crippen LogP contribution in [0.3, 0.4) is 0 Å². The Morgan fingerprint density at radius 1 is 1.07 bits per heavy atom. The van der Waals surface area contributed by atoms with E-state index in [-0.39, 0.29) is 16.8 Å². The summed E-state index contributed by atoms with van der Waals surface area (Å²) in [6.45, 7) is 5.95. The maximum atomic E-state index is 12.6. The van der Waals surface area contributed by atoms with Crippen molar-refractivity contribution >= 4 is 17.4 Å². The number of anilines is 1. The Hall–Kier alpha value is -3.48. The number of non-ortho nitro benzene ring substituents is 1. The molecule has 0 saturated carbocycles. The molecular formula is C20H20N4O3. The second-order valence-electron chi connectivity index (χ2n) is 7.13. The first-order chi connectivity index (χ1) is 12.8. The maximum Gasteiger partial charge on any atom is 0.270 e. The van der Waals surface area contributed by atoms with E-state index in [2.05, 4.69) is 10.4 Å². The number of nitro benzene ring substituents is 1. The number of hydrogen-bond acceptors (Lipinski definition) is 4. The number of nitrogens with one attached hydrogen (secondary N) is 1. The van der Waals surface area contributed by atoms with Crippen LogP contribution < -0.4 is 5.32 Å². The van der Waals surface area contributed by atoms with Gasteiger partial charge in [0.1, 0.15) is 5.82 Å². The summed E-state index contributed by atoms with van der Waals surface area (Å²) in [5, 5.41) is 18.4. The van der Waals surface area contributed by atoms with Crippen molar-refractivity contribution in [2.24, 2.45) is 0 Å². The van der Waals surface area contributed by atoms with E-state index in [1.165, 1.54) is 24.3 Å². The lowest BCUT2D eigenvalue weighted by Crippen LogP contribution is -2.26. The first-order valence-electron chi connectivity index (χ1n) is 8.47. The van der Waals surface area contributed by atoms with Crippen LogP contribution in [0.4, 0.5) is 11.5 Å². The van der Waals surface area contributed by atoms with Crippen LogP contribution in [-0.4, -0.2) is 20.6 Å². The molecule has 1 amide bonds. The fourth-order valence-electron chi connectivity index (χ4n) is 2.68. The number of hydrogen-bond donors (Lipinski definition) is 1. The monoisotopic (exact) mass is 364 g/mol. The summed E-state index contributed by atoms with van der Waals surface area (Å²) in [7, 11) is 0. The Kier molecular flexibility index (Phi) is 4.77. The molecule has 0 radical (unpaired) electrons. The van der Waals surface area contributed by atoms with Crippen LogP contribution in [-0.2, 0) is 5.54 Å². The van der Waals surface area contributed by atoms with Gasteiger partial charge in [-0.1, -0.05) is 36.4 Å². The fraction of sp³-hybridized carbons (Fsp3) is 0.200. The summed E-state index contributed by atoms with van der Waals surface area (Å²) in [5.74, 6) is 0.0987. The van der Waals surface area contributed by atoms with Crippen LogP contribution in [0.1, 0.15) is 31.1 Å². The number of aromatic nitrogens is 2. The molecule has 7 heteroatoms. The molecule has 27 heavy (non-hydrogen) atoms. The predicted octanol–water partition coefficient (Wildman–Crippen LogP) is 4.47. The van der Waals surface area contributed by atoms with Crippen molar-refractivity contribution in [2.45, 2.75) is 26.3 Å². The highest BCUT2D eigenvalue weighted by molar-refractivity contribution is 6.04. The SMILES string of the molecule is CC(C)(C)n1nc(-c2ccccc2)cc1NC(=O)c1cccc([N+](=O)[O-])c1. The van der Waals surface area contributed by atoms with Gasteiger partial charge in [-0.05, 0) is 26.8 Å². The number of benzene rings is 2. The van der Waals surface area contributed by atoms with Gasteiger partial charge < -0.3 is 5.32 Å². The first-order valence-corrected chi connectivity index (χ1v) is 8.47. The zero-order valence-electron chi connectivity index (χ0n) is 15.3. The van der Waals surface area contributed by atoms with E-state index in [9.17, 15) is 14.9 Å². The van der Waals surface area contributed by atoms with Crippen molar-refractivity contribution in [3.05, 3.63) is 76.3 Å². The summed E-state index contributed by atoms with van der Waals surface area (Å²) in [6.07, 6.45) is 0. The quantitative estimate of drug-likeness (QED) is 0.546. The van der Waals surface area contributed by atoms with Crippen molar-refractivity contribution in [3.63, 3.8) is 0 Å². The fourth-order valence-corrected chi connectivity index (χ4v) is 2.68. The first kappa shape index (κ1) is 18.3. The van der Waals surface area contributed by atoms with Crippen molar-refractivity contribution in [1.29, 1.82) is 0 Å². The van der Waals surface area contributed by atoms with Gasteiger partial charge in [-0.15, -0.1) is 0 Å². The van der Waals surface area contributed by atoms with Gasteiger partial charge in [0, 0.05) is 29.3 Å². The molecule has 0 spiro atoms. The Balaban J connectivity index is 1.96. The average molecular weight is 364 g/mol.